The first kappa shape index (κ1) is 41.1. The van der Waals surface area contributed by atoms with E-state index in [9.17, 15) is 31.6 Å². The van der Waals surface area contributed by atoms with Crippen LogP contribution < -0.4 is 0 Å². The smallest absolute Gasteiger partial charge is 0.141 e. The summed E-state index contributed by atoms with van der Waals surface area (Å²) in [6, 6.07) is 28.7. The van der Waals surface area contributed by atoms with Crippen LogP contribution in [-0.2, 0) is 0 Å². The van der Waals surface area contributed by atoms with Crippen molar-refractivity contribution in [1.29, 1.82) is 31.6 Å². The fourth-order valence-electron chi connectivity index (χ4n) is 7.72. The zero-order valence-corrected chi connectivity index (χ0v) is 32.2. The van der Waals surface area contributed by atoms with Gasteiger partial charge in [-0.1, -0.05) is 24.3 Å². The molecule has 6 aromatic rings. The number of aromatic nitrogens is 2. The van der Waals surface area contributed by atoms with Crippen molar-refractivity contribution in [1.82, 2.24) is 9.97 Å². The van der Waals surface area contributed by atoms with Gasteiger partial charge in [0.25, 0.3) is 0 Å². The molecule has 8 nitrogen and oxygen atoms in total. The Morgan fingerprint density at radius 2 is 0.656 bits per heavy atom. The van der Waals surface area contributed by atoms with Crippen LogP contribution in [0.2, 0.25) is 0 Å². The Bertz CT molecular complexity index is 3170. The molecule has 0 bridgehead atoms. The summed E-state index contributed by atoms with van der Waals surface area (Å²) in [7, 11) is 0. The first-order valence-corrected chi connectivity index (χ1v) is 18.5. The summed E-state index contributed by atoms with van der Waals surface area (Å²) in [5, 5.41) is 59.5. The average Bonchev–Trinajstić information content (AvgIpc) is 3.78. The zero-order valence-electron chi connectivity index (χ0n) is 32.2. The lowest BCUT2D eigenvalue weighted by Gasteiger charge is -2.20. The van der Waals surface area contributed by atoms with Gasteiger partial charge in [0.15, 0.2) is 0 Å². The zero-order chi connectivity index (χ0) is 45.4. The van der Waals surface area contributed by atoms with Gasteiger partial charge in [-0.25, -0.2) is 36.3 Å². The molecule has 0 saturated carbocycles. The predicted octanol–water partition coefficient (Wildman–Crippen LogP) is 10.7. The maximum atomic E-state index is 18.5. The van der Waals surface area contributed by atoms with Gasteiger partial charge >= 0.3 is 0 Å². The molecule has 0 atom stereocenters. The van der Waals surface area contributed by atoms with Crippen molar-refractivity contribution in [2.45, 2.75) is 0 Å². The molecular weight excluding hydrogens is 827 g/mol. The summed E-state index contributed by atoms with van der Waals surface area (Å²) in [5.74, 6) is -6.13. The van der Waals surface area contributed by atoms with Crippen LogP contribution >= 0.6 is 0 Å². The Hall–Kier alpha value is -9.60. The minimum absolute atomic E-state index is 0.0332. The van der Waals surface area contributed by atoms with Crippen molar-refractivity contribution in [3.63, 3.8) is 0 Å². The van der Waals surface area contributed by atoms with Crippen molar-refractivity contribution in [3.8, 4) is 36.4 Å². The van der Waals surface area contributed by atoms with Crippen LogP contribution in [0, 0.1) is 91.3 Å². The van der Waals surface area contributed by atoms with Crippen LogP contribution in [0.25, 0.3) is 22.3 Å². The van der Waals surface area contributed by atoms with Crippen LogP contribution in [0.5, 0.6) is 0 Å². The van der Waals surface area contributed by atoms with Gasteiger partial charge in [-0.05, 0) is 117 Å². The molecule has 2 aromatic heterocycles. The molecule has 0 unspecified atom stereocenters. The number of rotatable bonds is 6. The average molecular weight is 845 g/mol. The maximum Gasteiger partial charge on any atom is 0.141 e. The molecular formula is C50H18F6N8. The SMILES string of the molecule is N#Cc1cc(C2=C(F)C3=C(C(F)=C(c4ccnc(C#N)c4)C3=C(c3ccc(F)c(C#N)c3)c3ccc(F)c(C#N)c3)C2=C(c2ccc(F)c(C#N)c2)c2ccc(F)c(C#N)c2)ccn1. The van der Waals surface area contributed by atoms with Crippen molar-refractivity contribution in [2.75, 3.05) is 0 Å². The number of pyridine rings is 2. The molecule has 0 radical (unpaired) electrons. The summed E-state index contributed by atoms with van der Waals surface area (Å²) in [5.41, 5.74) is -5.31. The number of hydrogen-bond acceptors (Lipinski definition) is 8. The Kier molecular flexibility index (Phi) is 10.6. The Balaban J connectivity index is 1.67. The Labute approximate surface area is 359 Å². The molecule has 0 N–H and O–H groups in total. The lowest BCUT2D eigenvalue weighted by Crippen LogP contribution is -2.04. The molecule has 2 heterocycles. The van der Waals surface area contributed by atoms with E-state index in [2.05, 4.69) is 9.97 Å². The standard InChI is InChI=1S/C50H18F6N8/c51-37-5-1-25(13-31(37)19-57)41(26-2-6-38(52)32(14-26)20-58)45-43(29-9-11-63-35(17-29)23-61)49(55)48-46(44(50(56)47(45)48)30-10-12-64-36(18-30)24-62)42(27-3-7-39(53)33(15-27)21-59)28-4-8-40(54)34(16-28)22-60/h1-18H. The molecule has 8 rings (SSSR count). The summed E-state index contributed by atoms with van der Waals surface area (Å²) >= 11 is 0. The first-order valence-electron chi connectivity index (χ1n) is 18.5. The van der Waals surface area contributed by atoms with Crippen LogP contribution in [-0.4, -0.2) is 9.97 Å². The van der Waals surface area contributed by atoms with Gasteiger partial charge in [-0.2, -0.15) is 31.6 Å². The molecule has 300 valence electrons. The Morgan fingerprint density at radius 1 is 0.359 bits per heavy atom. The van der Waals surface area contributed by atoms with Crippen molar-refractivity contribution in [3.05, 3.63) is 234 Å². The number of benzene rings is 4. The molecule has 0 fully saturated rings. The van der Waals surface area contributed by atoms with E-state index < -0.39 is 79.5 Å². The van der Waals surface area contributed by atoms with Gasteiger partial charge in [0.2, 0.25) is 0 Å². The van der Waals surface area contributed by atoms with E-state index in [1.165, 1.54) is 60.9 Å². The highest BCUT2D eigenvalue weighted by molar-refractivity contribution is 6.14. The second kappa shape index (κ2) is 16.5. The van der Waals surface area contributed by atoms with E-state index in [0.29, 0.717) is 0 Å². The highest BCUT2D eigenvalue weighted by Gasteiger charge is 2.45. The first-order chi connectivity index (χ1) is 31.0. The third kappa shape index (κ3) is 6.83. The topological polar surface area (TPSA) is 169 Å². The fraction of sp³-hybridized carbons (Fsp3) is 0. The number of allylic oxidation sites excluding steroid dienone is 8. The number of nitrogens with zero attached hydrogens (tertiary/aromatic N) is 8. The van der Waals surface area contributed by atoms with Gasteiger partial charge in [-0.15, -0.1) is 0 Å². The normalized spacial score (nSPS) is 12.8. The third-order valence-corrected chi connectivity index (χ3v) is 10.5. The molecule has 2 aliphatic rings. The highest BCUT2D eigenvalue weighted by atomic mass is 19.1. The molecule has 64 heavy (non-hydrogen) atoms. The molecule has 14 heteroatoms. The van der Waals surface area contributed by atoms with Gasteiger partial charge < -0.3 is 0 Å². The maximum absolute atomic E-state index is 18.5. The molecule has 0 aliphatic heterocycles. The monoisotopic (exact) mass is 844 g/mol. The number of halogens is 6. The fourth-order valence-corrected chi connectivity index (χ4v) is 7.72. The van der Waals surface area contributed by atoms with E-state index >= 15 is 26.3 Å². The number of nitriles is 6. The summed E-state index contributed by atoms with van der Waals surface area (Å²) in [4.78, 5) is 8.00. The Morgan fingerprint density at radius 3 is 0.922 bits per heavy atom. The predicted molar refractivity (Wildman–Crippen MR) is 217 cm³/mol. The molecule has 0 spiro atoms. The number of hydrogen-bond donors (Lipinski definition) is 0. The second-order valence-electron chi connectivity index (χ2n) is 13.9. The largest absolute Gasteiger partial charge is 0.246 e. The van der Waals surface area contributed by atoms with Crippen LogP contribution in [0.15, 0.2) is 143 Å². The molecule has 0 amide bonds. The minimum atomic E-state index is -1.17. The van der Waals surface area contributed by atoms with Gasteiger partial charge in [0, 0.05) is 45.8 Å². The van der Waals surface area contributed by atoms with Crippen molar-refractivity contribution >= 4 is 22.3 Å². The van der Waals surface area contributed by atoms with Gasteiger partial charge in [-0.3, -0.25) is 0 Å². The van der Waals surface area contributed by atoms with E-state index in [-0.39, 0.29) is 67.1 Å². The van der Waals surface area contributed by atoms with Gasteiger partial charge in [0.1, 0.15) is 82.7 Å². The molecule has 2 aliphatic carbocycles. The van der Waals surface area contributed by atoms with Crippen molar-refractivity contribution < 1.29 is 26.3 Å². The summed E-state index contributed by atoms with van der Waals surface area (Å²) in [6.45, 7) is 0. The van der Waals surface area contributed by atoms with E-state index in [1.54, 1.807) is 24.3 Å². The van der Waals surface area contributed by atoms with Gasteiger partial charge in [0.05, 0.1) is 22.3 Å². The third-order valence-electron chi connectivity index (χ3n) is 10.5. The lowest BCUT2D eigenvalue weighted by molar-refractivity contribution is 0.623. The lowest BCUT2D eigenvalue weighted by atomic mass is 9.83. The summed E-state index contributed by atoms with van der Waals surface area (Å²) in [6.07, 6.45) is 2.38. The van der Waals surface area contributed by atoms with E-state index in [0.717, 1.165) is 48.5 Å². The van der Waals surface area contributed by atoms with E-state index in [1.807, 2.05) is 12.1 Å². The molecule has 4 aromatic carbocycles. The van der Waals surface area contributed by atoms with E-state index in [4.69, 9.17) is 0 Å². The molecule has 0 saturated heterocycles. The van der Waals surface area contributed by atoms with Crippen LogP contribution in [0.3, 0.4) is 0 Å². The van der Waals surface area contributed by atoms with Crippen LogP contribution in [0.4, 0.5) is 26.3 Å². The highest BCUT2D eigenvalue weighted by Crippen LogP contribution is 2.61. The minimum Gasteiger partial charge on any atom is -0.246 e. The second-order valence-corrected chi connectivity index (χ2v) is 13.9. The quantitative estimate of drug-likeness (QED) is 0.149. The van der Waals surface area contributed by atoms with Crippen molar-refractivity contribution in [2.24, 2.45) is 0 Å². The summed E-state index contributed by atoms with van der Waals surface area (Å²) < 4.78 is 97.2. The van der Waals surface area contributed by atoms with Crippen LogP contribution in [0.1, 0.15) is 67.0 Å².